The molecule has 1 aromatic heterocycles. The van der Waals surface area contributed by atoms with Crippen molar-refractivity contribution in [3.05, 3.63) is 40.4 Å². The maximum absolute atomic E-state index is 6.09. The average Bonchev–Trinajstić information content (AvgIpc) is 2.68. The second-order valence-corrected chi connectivity index (χ2v) is 6.15. The Bertz CT molecular complexity index is 471. The second-order valence-electron chi connectivity index (χ2n) is 3.39. The molecule has 0 saturated carbocycles. The SMILES string of the molecule is CCNCc1sc(Sc2ccccc2)nc1Cl. The number of aromatic nitrogens is 1. The molecular weight excluding hydrogens is 272 g/mol. The summed E-state index contributed by atoms with van der Waals surface area (Å²) >= 11 is 9.40. The lowest BCUT2D eigenvalue weighted by Gasteiger charge is -1.96. The van der Waals surface area contributed by atoms with Crippen LogP contribution < -0.4 is 5.32 Å². The molecule has 1 heterocycles. The molecule has 0 aliphatic heterocycles. The Morgan fingerprint density at radius 1 is 1.35 bits per heavy atom. The molecule has 2 aromatic rings. The molecule has 2 rings (SSSR count). The maximum atomic E-state index is 6.09. The lowest BCUT2D eigenvalue weighted by molar-refractivity contribution is 0.734. The van der Waals surface area contributed by atoms with E-state index in [1.54, 1.807) is 23.1 Å². The molecule has 0 atom stereocenters. The molecule has 0 amide bonds. The van der Waals surface area contributed by atoms with Crippen molar-refractivity contribution >= 4 is 34.7 Å². The number of nitrogens with zero attached hydrogens (tertiary/aromatic N) is 1. The van der Waals surface area contributed by atoms with E-state index in [0.29, 0.717) is 5.15 Å². The minimum atomic E-state index is 0.620. The molecule has 90 valence electrons. The third-order valence-electron chi connectivity index (χ3n) is 2.11. The van der Waals surface area contributed by atoms with E-state index >= 15 is 0 Å². The Morgan fingerprint density at radius 2 is 2.12 bits per heavy atom. The standard InChI is InChI=1S/C12H13ClN2S2/c1-2-14-8-10-11(13)15-12(17-10)16-9-6-4-3-5-7-9/h3-7,14H,2,8H2,1H3. The highest BCUT2D eigenvalue weighted by Crippen LogP contribution is 2.34. The number of halogens is 1. The van der Waals surface area contributed by atoms with E-state index in [4.69, 9.17) is 11.6 Å². The first-order valence-electron chi connectivity index (χ1n) is 5.38. The summed E-state index contributed by atoms with van der Waals surface area (Å²) in [5, 5.41) is 3.88. The van der Waals surface area contributed by atoms with Crippen molar-refractivity contribution in [2.75, 3.05) is 6.54 Å². The lowest BCUT2D eigenvalue weighted by atomic mass is 10.4. The van der Waals surface area contributed by atoms with E-state index in [1.165, 1.54) is 4.90 Å². The van der Waals surface area contributed by atoms with Crippen molar-refractivity contribution in [2.24, 2.45) is 0 Å². The summed E-state index contributed by atoms with van der Waals surface area (Å²) in [6, 6.07) is 10.2. The number of hydrogen-bond acceptors (Lipinski definition) is 4. The van der Waals surface area contributed by atoms with Gasteiger partial charge in [0, 0.05) is 11.4 Å². The van der Waals surface area contributed by atoms with E-state index in [2.05, 4.69) is 29.4 Å². The Hall–Kier alpha value is -0.550. The Morgan fingerprint density at radius 3 is 2.82 bits per heavy atom. The minimum absolute atomic E-state index is 0.620. The normalized spacial score (nSPS) is 10.7. The molecule has 0 spiro atoms. The zero-order valence-corrected chi connectivity index (χ0v) is 11.8. The quantitative estimate of drug-likeness (QED) is 0.896. The fourth-order valence-corrected chi connectivity index (χ4v) is 3.70. The molecule has 0 radical (unpaired) electrons. The van der Waals surface area contributed by atoms with E-state index in [9.17, 15) is 0 Å². The van der Waals surface area contributed by atoms with E-state index < -0.39 is 0 Å². The molecule has 0 saturated heterocycles. The van der Waals surface area contributed by atoms with Gasteiger partial charge >= 0.3 is 0 Å². The van der Waals surface area contributed by atoms with E-state index in [1.807, 2.05) is 18.2 Å². The van der Waals surface area contributed by atoms with Crippen LogP contribution in [-0.2, 0) is 6.54 Å². The molecule has 0 fully saturated rings. The van der Waals surface area contributed by atoms with Crippen molar-refractivity contribution in [3.8, 4) is 0 Å². The van der Waals surface area contributed by atoms with Crippen LogP contribution in [0.2, 0.25) is 5.15 Å². The van der Waals surface area contributed by atoms with Crippen LogP contribution in [0, 0.1) is 0 Å². The molecule has 0 aliphatic carbocycles. The first kappa shape index (κ1) is 12.9. The summed E-state index contributed by atoms with van der Waals surface area (Å²) in [5.41, 5.74) is 0. The van der Waals surface area contributed by atoms with Crippen molar-refractivity contribution in [3.63, 3.8) is 0 Å². The molecule has 0 unspecified atom stereocenters. The Kier molecular flexibility index (Phi) is 4.86. The van der Waals surface area contributed by atoms with Crippen LogP contribution >= 0.6 is 34.7 Å². The van der Waals surface area contributed by atoms with Gasteiger partial charge in [-0.2, -0.15) is 0 Å². The molecule has 0 aliphatic rings. The van der Waals surface area contributed by atoms with Gasteiger partial charge in [-0.25, -0.2) is 4.98 Å². The maximum Gasteiger partial charge on any atom is 0.156 e. The molecule has 5 heteroatoms. The fraction of sp³-hybridized carbons (Fsp3) is 0.250. The fourth-order valence-electron chi connectivity index (χ4n) is 1.29. The monoisotopic (exact) mass is 284 g/mol. The van der Waals surface area contributed by atoms with Gasteiger partial charge in [0.15, 0.2) is 4.34 Å². The van der Waals surface area contributed by atoms with Gasteiger partial charge in [-0.05, 0) is 18.7 Å². The van der Waals surface area contributed by atoms with Crippen LogP contribution in [0.15, 0.2) is 39.6 Å². The van der Waals surface area contributed by atoms with Crippen molar-refractivity contribution in [2.45, 2.75) is 22.7 Å². The van der Waals surface area contributed by atoms with Gasteiger partial charge in [-0.15, -0.1) is 11.3 Å². The van der Waals surface area contributed by atoms with Crippen molar-refractivity contribution in [1.82, 2.24) is 10.3 Å². The topological polar surface area (TPSA) is 24.9 Å². The highest BCUT2D eigenvalue weighted by molar-refractivity contribution is 8.01. The number of rotatable bonds is 5. The summed E-state index contributed by atoms with van der Waals surface area (Å²) in [5.74, 6) is 0. The van der Waals surface area contributed by atoms with E-state index in [0.717, 1.165) is 22.3 Å². The molecule has 1 N–H and O–H groups in total. The zero-order chi connectivity index (χ0) is 12.1. The molecular formula is C12H13ClN2S2. The van der Waals surface area contributed by atoms with Gasteiger partial charge in [0.2, 0.25) is 0 Å². The lowest BCUT2D eigenvalue weighted by Crippen LogP contribution is -2.10. The number of thiazole rings is 1. The van der Waals surface area contributed by atoms with Gasteiger partial charge in [0.05, 0.1) is 4.88 Å². The Labute approximate surface area is 114 Å². The predicted octanol–water partition coefficient (Wildman–Crippen LogP) is 4.06. The van der Waals surface area contributed by atoms with Crippen molar-refractivity contribution in [1.29, 1.82) is 0 Å². The highest BCUT2D eigenvalue weighted by Gasteiger charge is 2.09. The van der Waals surface area contributed by atoms with E-state index in [-0.39, 0.29) is 0 Å². The number of nitrogens with one attached hydrogen (secondary N) is 1. The van der Waals surface area contributed by atoms with Crippen LogP contribution in [-0.4, -0.2) is 11.5 Å². The summed E-state index contributed by atoms with van der Waals surface area (Å²) in [6.45, 7) is 3.81. The molecule has 1 aromatic carbocycles. The third-order valence-corrected chi connectivity index (χ3v) is 4.66. The molecule has 0 bridgehead atoms. The van der Waals surface area contributed by atoms with Crippen LogP contribution in [0.1, 0.15) is 11.8 Å². The summed E-state index contributed by atoms with van der Waals surface area (Å²) in [7, 11) is 0. The smallest absolute Gasteiger partial charge is 0.156 e. The van der Waals surface area contributed by atoms with Crippen molar-refractivity contribution < 1.29 is 0 Å². The number of hydrogen-bond donors (Lipinski definition) is 1. The first-order chi connectivity index (χ1) is 8.29. The van der Waals surface area contributed by atoms with Crippen LogP contribution in [0.5, 0.6) is 0 Å². The first-order valence-corrected chi connectivity index (χ1v) is 7.39. The largest absolute Gasteiger partial charge is 0.312 e. The average molecular weight is 285 g/mol. The molecule has 2 nitrogen and oxygen atoms in total. The summed E-state index contributed by atoms with van der Waals surface area (Å²) < 4.78 is 0.995. The molecule has 17 heavy (non-hydrogen) atoms. The number of benzene rings is 1. The predicted molar refractivity (Wildman–Crippen MR) is 75.1 cm³/mol. The van der Waals surface area contributed by atoms with Gasteiger partial charge in [0.25, 0.3) is 0 Å². The van der Waals surface area contributed by atoms with Gasteiger partial charge < -0.3 is 5.32 Å². The summed E-state index contributed by atoms with van der Waals surface area (Å²) in [4.78, 5) is 6.66. The van der Waals surface area contributed by atoms with Gasteiger partial charge in [-0.1, -0.05) is 48.5 Å². The minimum Gasteiger partial charge on any atom is -0.312 e. The summed E-state index contributed by atoms with van der Waals surface area (Å²) in [6.07, 6.45) is 0. The third kappa shape index (κ3) is 3.71. The highest BCUT2D eigenvalue weighted by atomic mass is 35.5. The second kappa shape index (κ2) is 6.40. The van der Waals surface area contributed by atoms with Crippen LogP contribution in [0.4, 0.5) is 0 Å². The van der Waals surface area contributed by atoms with Crippen LogP contribution in [0.25, 0.3) is 0 Å². The Balaban J connectivity index is 2.07. The zero-order valence-electron chi connectivity index (χ0n) is 9.44. The van der Waals surface area contributed by atoms with Gasteiger partial charge in [-0.3, -0.25) is 0 Å². The van der Waals surface area contributed by atoms with Crippen LogP contribution in [0.3, 0.4) is 0 Å². The van der Waals surface area contributed by atoms with Gasteiger partial charge in [0.1, 0.15) is 5.15 Å².